The molecule has 2 atom stereocenters. The van der Waals surface area contributed by atoms with Gasteiger partial charge in [-0.2, -0.15) is 0 Å². The van der Waals surface area contributed by atoms with Crippen LogP contribution in [-0.4, -0.2) is 24.3 Å². The lowest BCUT2D eigenvalue weighted by atomic mass is 10.2. The highest BCUT2D eigenvalue weighted by Crippen LogP contribution is 2.19. The van der Waals surface area contributed by atoms with Crippen LogP contribution in [-0.2, 0) is 14.3 Å². The van der Waals surface area contributed by atoms with E-state index in [9.17, 15) is 9.59 Å². The largest absolute Gasteiger partial charge is 0.353 e. The highest BCUT2D eigenvalue weighted by atomic mass is 16.6. The third-order valence-electron chi connectivity index (χ3n) is 1.06. The zero-order chi connectivity index (χ0) is 6.15. The molecule has 3 heteroatoms. The summed E-state index contributed by atoms with van der Waals surface area (Å²) >= 11 is 0. The number of epoxide rings is 1. The molecule has 0 aromatic carbocycles. The molecule has 1 fully saturated rings. The van der Waals surface area contributed by atoms with Crippen molar-refractivity contribution in [3.63, 3.8) is 0 Å². The molecule has 2 unspecified atom stereocenters. The van der Waals surface area contributed by atoms with Crippen LogP contribution in [0.25, 0.3) is 0 Å². The van der Waals surface area contributed by atoms with Crippen LogP contribution >= 0.6 is 0 Å². The molecule has 0 saturated carbocycles. The lowest BCUT2D eigenvalue weighted by molar-refractivity contribution is -0.118. The quantitative estimate of drug-likeness (QED) is 0.360. The maximum absolute atomic E-state index is 10.3. The monoisotopic (exact) mass is 114 g/mol. The van der Waals surface area contributed by atoms with E-state index in [1.807, 2.05) is 0 Å². The van der Waals surface area contributed by atoms with Gasteiger partial charge in [0.25, 0.3) is 0 Å². The summed E-state index contributed by atoms with van der Waals surface area (Å²) in [5.41, 5.74) is 0. The Morgan fingerprint density at radius 3 is 2.50 bits per heavy atom. The Bertz CT molecular complexity index is 130. The second kappa shape index (κ2) is 1.67. The van der Waals surface area contributed by atoms with Gasteiger partial charge in [-0.15, -0.1) is 0 Å². The van der Waals surface area contributed by atoms with Crippen molar-refractivity contribution in [1.82, 2.24) is 0 Å². The molecule has 1 rings (SSSR count). The number of Topliss-reactive ketones (excluding diaryl/α,β-unsaturated/α-hetero) is 1. The van der Waals surface area contributed by atoms with E-state index >= 15 is 0 Å². The maximum atomic E-state index is 10.3. The summed E-state index contributed by atoms with van der Waals surface area (Å²) < 4.78 is 4.61. The van der Waals surface area contributed by atoms with E-state index in [1.165, 1.54) is 6.92 Å². The predicted molar refractivity (Wildman–Crippen MR) is 25.4 cm³/mol. The molecule has 0 N–H and O–H groups in total. The van der Waals surface area contributed by atoms with Crippen LogP contribution in [0.3, 0.4) is 0 Å². The normalized spacial score (nSPS) is 34.1. The van der Waals surface area contributed by atoms with Crippen LogP contribution in [0.2, 0.25) is 0 Å². The van der Waals surface area contributed by atoms with E-state index in [-0.39, 0.29) is 5.78 Å². The molecule has 0 amide bonds. The molecule has 0 aromatic heterocycles. The fourth-order valence-electron chi connectivity index (χ4n) is 0.555. The van der Waals surface area contributed by atoms with Gasteiger partial charge in [0.15, 0.2) is 12.1 Å². The number of carbonyl (C=O) groups is 2. The minimum absolute atomic E-state index is 0.0675. The van der Waals surface area contributed by atoms with E-state index in [1.54, 1.807) is 0 Å². The lowest BCUT2D eigenvalue weighted by Gasteiger charge is -1.74. The molecular formula is C5H6O3. The Labute approximate surface area is 46.6 Å². The van der Waals surface area contributed by atoms with E-state index < -0.39 is 12.2 Å². The van der Waals surface area contributed by atoms with Crippen LogP contribution in [0.5, 0.6) is 0 Å². The summed E-state index contributed by atoms with van der Waals surface area (Å²) in [7, 11) is 0. The van der Waals surface area contributed by atoms with Crippen LogP contribution in [0, 0.1) is 0 Å². The molecular weight excluding hydrogens is 108 g/mol. The van der Waals surface area contributed by atoms with Crippen LogP contribution in [0.1, 0.15) is 6.92 Å². The van der Waals surface area contributed by atoms with Crippen LogP contribution in [0.15, 0.2) is 0 Å². The van der Waals surface area contributed by atoms with E-state index in [2.05, 4.69) is 4.74 Å². The van der Waals surface area contributed by atoms with E-state index in [0.717, 1.165) is 0 Å². The fourth-order valence-corrected chi connectivity index (χ4v) is 0.555. The van der Waals surface area contributed by atoms with Gasteiger partial charge in [-0.25, -0.2) is 0 Å². The zero-order valence-corrected chi connectivity index (χ0v) is 4.46. The SMILES string of the molecule is CC(=O)C1OC1C=O. The maximum Gasteiger partial charge on any atom is 0.161 e. The Morgan fingerprint density at radius 2 is 2.38 bits per heavy atom. The van der Waals surface area contributed by atoms with Gasteiger partial charge in [0.05, 0.1) is 0 Å². The summed E-state index contributed by atoms with van der Waals surface area (Å²) in [6, 6.07) is 0. The van der Waals surface area contributed by atoms with Gasteiger partial charge in [-0.05, 0) is 6.92 Å². The first-order chi connectivity index (χ1) is 3.75. The zero-order valence-electron chi connectivity index (χ0n) is 4.46. The number of ether oxygens (including phenoxy) is 1. The molecule has 0 aliphatic carbocycles. The number of hydrogen-bond donors (Lipinski definition) is 0. The van der Waals surface area contributed by atoms with Crippen molar-refractivity contribution in [3.8, 4) is 0 Å². The predicted octanol–water partition coefficient (Wildman–Crippen LogP) is -0.458. The fraction of sp³-hybridized carbons (Fsp3) is 0.600. The Balaban J connectivity index is 2.36. The summed E-state index contributed by atoms with van der Waals surface area (Å²) in [5, 5.41) is 0. The molecule has 1 heterocycles. The van der Waals surface area contributed by atoms with Crippen molar-refractivity contribution in [2.75, 3.05) is 0 Å². The topological polar surface area (TPSA) is 46.7 Å². The molecule has 1 saturated heterocycles. The standard InChI is InChI=1S/C5H6O3/c1-3(7)5-4(2-6)8-5/h2,4-5H,1H3. The Hall–Kier alpha value is -0.700. The molecule has 0 aromatic rings. The third kappa shape index (κ3) is 0.767. The van der Waals surface area contributed by atoms with Gasteiger partial charge < -0.3 is 9.53 Å². The van der Waals surface area contributed by atoms with Gasteiger partial charge in [-0.1, -0.05) is 0 Å². The van der Waals surface area contributed by atoms with Crippen molar-refractivity contribution in [2.45, 2.75) is 19.1 Å². The Morgan fingerprint density at radius 1 is 1.75 bits per heavy atom. The van der Waals surface area contributed by atoms with Crippen molar-refractivity contribution in [3.05, 3.63) is 0 Å². The molecule has 1 aliphatic rings. The number of ketones is 1. The van der Waals surface area contributed by atoms with Crippen molar-refractivity contribution < 1.29 is 14.3 Å². The molecule has 0 spiro atoms. The van der Waals surface area contributed by atoms with E-state index in [4.69, 9.17) is 0 Å². The summed E-state index contributed by atoms with van der Waals surface area (Å²) in [6.07, 6.45) is -0.216. The second-order valence-electron chi connectivity index (χ2n) is 1.77. The number of carbonyl (C=O) groups excluding carboxylic acids is 2. The average molecular weight is 114 g/mol. The minimum Gasteiger partial charge on any atom is -0.353 e. The summed E-state index contributed by atoms with van der Waals surface area (Å²) in [4.78, 5) is 20.1. The Kier molecular flexibility index (Phi) is 1.13. The molecule has 1 aliphatic heterocycles. The first-order valence-electron chi connectivity index (χ1n) is 2.37. The molecule has 0 radical (unpaired) electrons. The second-order valence-corrected chi connectivity index (χ2v) is 1.77. The first-order valence-corrected chi connectivity index (χ1v) is 2.37. The number of rotatable bonds is 2. The van der Waals surface area contributed by atoms with Crippen LogP contribution in [0.4, 0.5) is 0 Å². The first kappa shape index (κ1) is 5.44. The van der Waals surface area contributed by atoms with Crippen molar-refractivity contribution >= 4 is 12.1 Å². The van der Waals surface area contributed by atoms with Gasteiger partial charge >= 0.3 is 0 Å². The van der Waals surface area contributed by atoms with E-state index in [0.29, 0.717) is 6.29 Å². The van der Waals surface area contributed by atoms with Crippen molar-refractivity contribution in [1.29, 1.82) is 0 Å². The van der Waals surface area contributed by atoms with Gasteiger partial charge in [-0.3, -0.25) is 4.79 Å². The highest BCUT2D eigenvalue weighted by molar-refractivity contribution is 5.88. The average Bonchev–Trinajstić information content (AvgIpc) is 2.42. The van der Waals surface area contributed by atoms with Gasteiger partial charge in [0.2, 0.25) is 0 Å². The van der Waals surface area contributed by atoms with Crippen LogP contribution < -0.4 is 0 Å². The lowest BCUT2D eigenvalue weighted by Crippen LogP contribution is -2.04. The number of hydrogen-bond acceptors (Lipinski definition) is 3. The molecule has 3 nitrogen and oxygen atoms in total. The molecule has 0 bridgehead atoms. The van der Waals surface area contributed by atoms with Crippen molar-refractivity contribution in [2.24, 2.45) is 0 Å². The highest BCUT2D eigenvalue weighted by Gasteiger charge is 2.42. The summed E-state index contributed by atoms with van der Waals surface area (Å²) in [6.45, 7) is 1.41. The third-order valence-corrected chi connectivity index (χ3v) is 1.06. The van der Waals surface area contributed by atoms with Gasteiger partial charge in [0.1, 0.15) is 12.2 Å². The van der Waals surface area contributed by atoms with Gasteiger partial charge in [0, 0.05) is 0 Å². The number of aldehydes is 1. The minimum atomic E-state index is -0.438. The summed E-state index contributed by atoms with van der Waals surface area (Å²) in [5.74, 6) is -0.0675. The molecule has 8 heavy (non-hydrogen) atoms. The molecule has 44 valence electrons. The smallest absolute Gasteiger partial charge is 0.161 e.